The molecule has 2 rings (SSSR count). The summed E-state index contributed by atoms with van der Waals surface area (Å²) in [6.07, 6.45) is 2.21. The van der Waals surface area contributed by atoms with Crippen LogP contribution in [0.3, 0.4) is 0 Å². The molecular formula is C20H34N2O3S. The normalized spacial score (nSPS) is 17.6. The molecule has 1 fully saturated rings. The zero-order valence-electron chi connectivity index (χ0n) is 16.8. The summed E-state index contributed by atoms with van der Waals surface area (Å²) in [5.74, 6) is 0. The van der Waals surface area contributed by atoms with Gasteiger partial charge in [0.2, 0.25) is 10.0 Å². The molecule has 0 aliphatic carbocycles. The van der Waals surface area contributed by atoms with E-state index in [4.69, 9.17) is 0 Å². The number of likely N-dealkylation sites (tertiary alicyclic amines) is 1. The molecule has 0 spiro atoms. The summed E-state index contributed by atoms with van der Waals surface area (Å²) in [7, 11) is -3.52. The number of aliphatic hydroxyl groups excluding tert-OH is 1. The molecule has 1 saturated heterocycles. The molecule has 6 heteroatoms. The highest BCUT2D eigenvalue weighted by atomic mass is 32.2. The second-order valence-corrected chi connectivity index (χ2v) is 10.2. The lowest BCUT2D eigenvalue weighted by Gasteiger charge is -2.29. The molecule has 5 nitrogen and oxygen atoms in total. The fourth-order valence-corrected chi connectivity index (χ4v) is 4.68. The van der Waals surface area contributed by atoms with E-state index in [0.717, 1.165) is 55.6 Å². The third-order valence-electron chi connectivity index (χ3n) is 5.28. The van der Waals surface area contributed by atoms with Gasteiger partial charge in [0, 0.05) is 19.6 Å². The summed E-state index contributed by atoms with van der Waals surface area (Å²) in [5.41, 5.74) is 2.76. The lowest BCUT2D eigenvalue weighted by Crippen LogP contribution is -2.37. The van der Waals surface area contributed by atoms with Crippen LogP contribution in [0.1, 0.15) is 56.7 Å². The second-order valence-electron chi connectivity index (χ2n) is 8.49. The van der Waals surface area contributed by atoms with Crippen LogP contribution in [0.15, 0.2) is 17.0 Å². The van der Waals surface area contributed by atoms with Crippen molar-refractivity contribution in [1.82, 2.24) is 9.62 Å². The van der Waals surface area contributed by atoms with Gasteiger partial charge in [-0.3, -0.25) is 0 Å². The van der Waals surface area contributed by atoms with E-state index in [9.17, 15) is 13.5 Å². The Morgan fingerprint density at radius 2 is 1.81 bits per heavy atom. The van der Waals surface area contributed by atoms with Gasteiger partial charge in [-0.05, 0) is 67.8 Å². The van der Waals surface area contributed by atoms with Crippen LogP contribution < -0.4 is 4.72 Å². The van der Waals surface area contributed by atoms with Gasteiger partial charge in [0.1, 0.15) is 0 Å². The highest BCUT2D eigenvalue weighted by Gasteiger charge is 2.23. The molecule has 148 valence electrons. The van der Waals surface area contributed by atoms with E-state index in [1.54, 1.807) is 0 Å². The first-order valence-corrected chi connectivity index (χ1v) is 11.0. The standard InChI is InChI=1S/C20H34N2O3S/c1-15-13-17(20(3,4)5)14-19(16(15)2)26(24,25)21-9-6-10-22-11-7-18(23)8-12-22/h13-14,18,21,23H,6-12H2,1-5H3. The predicted octanol–water partition coefficient (Wildman–Crippen LogP) is 2.73. The van der Waals surface area contributed by atoms with Gasteiger partial charge < -0.3 is 10.0 Å². The zero-order chi connectivity index (χ0) is 19.5. The van der Waals surface area contributed by atoms with Gasteiger partial charge in [-0.1, -0.05) is 26.8 Å². The number of aliphatic hydroxyl groups is 1. The fraction of sp³-hybridized carbons (Fsp3) is 0.700. The Morgan fingerprint density at radius 1 is 1.19 bits per heavy atom. The monoisotopic (exact) mass is 382 g/mol. The minimum atomic E-state index is -3.52. The minimum Gasteiger partial charge on any atom is -0.393 e. The largest absolute Gasteiger partial charge is 0.393 e. The van der Waals surface area contributed by atoms with Crippen molar-refractivity contribution in [2.75, 3.05) is 26.2 Å². The van der Waals surface area contributed by atoms with Crippen LogP contribution in [0.25, 0.3) is 0 Å². The summed E-state index contributed by atoms with van der Waals surface area (Å²) >= 11 is 0. The Bertz CT molecular complexity index is 715. The number of piperidine rings is 1. The van der Waals surface area contributed by atoms with E-state index in [0.29, 0.717) is 11.4 Å². The lowest BCUT2D eigenvalue weighted by molar-refractivity contribution is 0.0823. The fourth-order valence-electron chi connectivity index (χ4n) is 3.27. The van der Waals surface area contributed by atoms with Gasteiger partial charge in [-0.15, -0.1) is 0 Å². The number of nitrogens with one attached hydrogen (secondary N) is 1. The number of benzene rings is 1. The number of nitrogens with zero attached hydrogens (tertiary/aromatic N) is 1. The van der Waals surface area contributed by atoms with Crippen molar-refractivity contribution in [3.8, 4) is 0 Å². The Morgan fingerprint density at radius 3 is 2.38 bits per heavy atom. The molecule has 1 aliphatic rings. The van der Waals surface area contributed by atoms with Crippen molar-refractivity contribution in [2.24, 2.45) is 0 Å². The number of rotatable bonds is 6. The first-order valence-electron chi connectivity index (χ1n) is 9.52. The van der Waals surface area contributed by atoms with Crippen LogP contribution >= 0.6 is 0 Å². The van der Waals surface area contributed by atoms with Crippen molar-refractivity contribution >= 4 is 10.0 Å². The molecule has 2 N–H and O–H groups in total. The molecule has 0 radical (unpaired) electrons. The maximum Gasteiger partial charge on any atom is 0.240 e. The summed E-state index contributed by atoms with van der Waals surface area (Å²) in [5, 5.41) is 9.54. The number of hydrogen-bond acceptors (Lipinski definition) is 4. The molecular weight excluding hydrogens is 348 g/mol. The van der Waals surface area contributed by atoms with Crippen molar-refractivity contribution in [2.45, 2.75) is 70.3 Å². The highest BCUT2D eigenvalue weighted by molar-refractivity contribution is 7.89. The zero-order valence-corrected chi connectivity index (χ0v) is 17.6. The molecule has 1 aliphatic heterocycles. The minimum absolute atomic E-state index is 0.0957. The molecule has 0 unspecified atom stereocenters. The quantitative estimate of drug-likeness (QED) is 0.742. The molecule has 1 aromatic rings. The van der Waals surface area contributed by atoms with Gasteiger partial charge in [0.05, 0.1) is 11.0 Å². The van der Waals surface area contributed by atoms with Crippen molar-refractivity contribution in [3.63, 3.8) is 0 Å². The van der Waals surface area contributed by atoms with E-state index in [1.807, 2.05) is 19.9 Å². The molecule has 0 aromatic heterocycles. The van der Waals surface area contributed by atoms with E-state index in [1.165, 1.54) is 0 Å². The van der Waals surface area contributed by atoms with Crippen LogP contribution in [-0.4, -0.2) is 50.7 Å². The van der Waals surface area contributed by atoms with Gasteiger partial charge in [0.25, 0.3) is 0 Å². The van der Waals surface area contributed by atoms with Gasteiger partial charge in [-0.25, -0.2) is 13.1 Å². The molecule has 1 heterocycles. The Kier molecular flexibility index (Phi) is 6.88. The van der Waals surface area contributed by atoms with E-state index in [2.05, 4.69) is 36.5 Å². The van der Waals surface area contributed by atoms with Crippen LogP contribution in [0.5, 0.6) is 0 Å². The van der Waals surface area contributed by atoms with Gasteiger partial charge in [0.15, 0.2) is 0 Å². The van der Waals surface area contributed by atoms with Gasteiger partial charge >= 0.3 is 0 Å². The molecule has 0 amide bonds. The van der Waals surface area contributed by atoms with Crippen LogP contribution in [0, 0.1) is 13.8 Å². The molecule has 0 bridgehead atoms. The molecule has 1 aromatic carbocycles. The Hall–Kier alpha value is -0.950. The van der Waals surface area contributed by atoms with Crippen LogP contribution in [0.2, 0.25) is 0 Å². The van der Waals surface area contributed by atoms with E-state index < -0.39 is 10.0 Å². The summed E-state index contributed by atoms with van der Waals surface area (Å²) in [6.45, 7) is 13.2. The topological polar surface area (TPSA) is 69.6 Å². The van der Waals surface area contributed by atoms with Crippen molar-refractivity contribution in [1.29, 1.82) is 0 Å². The molecule has 0 saturated carbocycles. The third kappa shape index (κ3) is 5.52. The predicted molar refractivity (Wildman–Crippen MR) is 106 cm³/mol. The average molecular weight is 383 g/mol. The van der Waals surface area contributed by atoms with Crippen LogP contribution in [-0.2, 0) is 15.4 Å². The SMILES string of the molecule is Cc1cc(C(C)(C)C)cc(S(=O)(=O)NCCCN2CCC(O)CC2)c1C. The van der Waals surface area contributed by atoms with Gasteiger partial charge in [-0.2, -0.15) is 0 Å². The maximum atomic E-state index is 12.8. The summed E-state index contributed by atoms with van der Waals surface area (Å²) < 4.78 is 28.4. The maximum absolute atomic E-state index is 12.8. The van der Waals surface area contributed by atoms with Crippen LogP contribution in [0.4, 0.5) is 0 Å². The highest BCUT2D eigenvalue weighted by Crippen LogP contribution is 2.29. The molecule has 26 heavy (non-hydrogen) atoms. The Balaban J connectivity index is 2.00. The lowest BCUT2D eigenvalue weighted by atomic mass is 9.85. The smallest absolute Gasteiger partial charge is 0.240 e. The first-order chi connectivity index (χ1) is 12.0. The first kappa shape index (κ1) is 21.4. The number of hydrogen-bond donors (Lipinski definition) is 2. The molecule has 0 atom stereocenters. The summed E-state index contributed by atoms with van der Waals surface area (Å²) in [4.78, 5) is 2.68. The van der Waals surface area contributed by atoms with Crippen molar-refractivity contribution in [3.05, 3.63) is 28.8 Å². The second kappa shape index (κ2) is 8.38. The third-order valence-corrected chi connectivity index (χ3v) is 6.86. The van der Waals surface area contributed by atoms with E-state index in [-0.39, 0.29) is 11.5 Å². The Labute approximate surface area is 158 Å². The number of sulfonamides is 1. The average Bonchev–Trinajstić information content (AvgIpc) is 2.54. The van der Waals surface area contributed by atoms with E-state index >= 15 is 0 Å². The number of aryl methyl sites for hydroxylation is 1. The van der Waals surface area contributed by atoms with Crippen molar-refractivity contribution < 1.29 is 13.5 Å². The summed E-state index contributed by atoms with van der Waals surface area (Å²) in [6, 6.07) is 3.90.